The zero-order valence-corrected chi connectivity index (χ0v) is 12.1. The number of hydrogen-bond donors (Lipinski definition) is 2. The molecule has 0 bridgehead atoms. The number of carbonyl (C=O) groups is 2. The van der Waals surface area contributed by atoms with Gasteiger partial charge in [-0.05, 0) is 18.4 Å². The van der Waals surface area contributed by atoms with Crippen LogP contribution < -0.4 is 10.6 Å². The number of carbonyl (C=O) groups excluding carboxylic acids is 2. The number of aromatic nitrogens is 3. The predicted molar refractivity (Wildman–Crippen MR) is 79.2 cm³/mol. The molecule has 0 spiro atoms. The van der Waals surface area contributed by atoms with E-state index in [-0.39, 0.29) is 18.2 Å². The van der Waals surface area contributed by atoms with E-state index in [0.29, 0.717) is 16.8 Å². The summed E-state index contributed by atoms with van der Waals surface area (Å²) >= 11 is 1.36. The Hall–Kier alpha value is -2.35. The van der Waals surface area contributed by atoms with Crippen LogP contribution in [0.5, 0.6) is 0 Å². The van der Waals surface area contributed by atoms with Crippen LogP contribution in [0.2, 0.25) is 0 Å². The lowest BCUT2D eigenvalue weighted by Gasteiger charge is -2.22. The van der Waals surface area contributed by atoms with Gasteiger partial charge in [-0.15, -0.1) is 5.10 Å². The van der Waals surface area contributed by atoms with Crippen LogP contribution in [-0.4, -0.2) is 32.8 Å². The third kappa shape index (κ3) is 2.75. The fourth-order valence-electron chi connectivity index (χ4n) is 2.08. The lowest BCUT2D eigenvalue weighted by atomic mass is 10.1. The van der Waals surface area contributed by atoms with Crippen molar-refractivity contribution >= 4 is 35.2 Å². The van der Waals surface area contributed by atoms with Crippen molar-refractivity contribution in [2.24, 2.45) is 0 Å². The molecule has 0 radical (unpaired) electrons. The summed E-state index contributed by atoms with van der Waals surface area (Å²) < 4.78 is 1.46. The fourth-order valence-corrected chi connectivity index (χ4v) is 2.43. The first kappa shape index (κ1) is 13.6. The number of para-hydroxylation sites is 1. The van der Waals surface area contributed by atoms with E-state index in [1.54, 1.807) is 12.1 Å². The minimum absolute atomic E-state index is 0.0445. The van der Waals surface area contributed by atoms with Crippen LogP contribution in [-0.2, 0) is 9.59 Å². The molecule has 2 aromatic rings. The Morgan fingerprint density at radius 1 is 1.43 bits per heavy atom. The first-order valence-corrected chi connectivity index (χ1v) is 7.56. The van der Waals surface area contributed by atoms with Crippen LogP contribution in [0.1, 0.15) is 12.5 Å². The highest BCUT2D eigenvalue weighted by Crippen LogP contribution is 2.26. The lowest BCUT2D eigenvalue weighted by molar-refractivity contribution is -0.125. The Morgan fingerprint density at radius 2 is 2.19 bits per heavy atom. The van der Waals surface area contributed by atoms with Crippen molar-refractivity contribution in [3.05, 3.63) is 30.3 Å². The Morgan fingerprint density at radius 3 is 2.90 bits per heavy atom. The molecule has 0 saturated heterocycles. The Bertz CT molecular complexity index is 685. The van der Waals surface area contributed by atoms with Crippen LogP contribution >= 0.6 is 11.8 Å². The molecule has 3 rings (SSSR count). The largest absolute Gasteiger partial charge is 0.324 e. The van der Waals surface area contributed by atoms with E-state index in [0.717, 1.165) is 0 Å². The van der Waals surface area contributed by atoms with E-state index < -0.39 is 6.04 Å². The molecule has 1 aliphatic heterocycles. The van der Waals surface area contributed by atoms with Crippen LogP contribution in [0.3, 0.4) is 0 Å². The minimum Gasteiger partial charge on any atom is -0.324 e. The van der Waals surface area contributed by atoms with Crippen molar-refractivity contribution in [3.63, 3.8) is 0 Å². The summed E-state index contributed by atoms with van der Waals surface area (Å²) in [6.07, 6.45) is 1.88. The summed E-state index contributed by atoms with van der Waals surface area (Å²) in [5, 5.41) is 10.2. The Labute approximate surface area is 125 Å². The maximum Gasteiger partial charge on any atom is 0.249 e. The van der Waals surface area contributed by atoms with E-state index in [1.807, 2.05) is 24.5 Å². The van der Waals surface area contributed by atoms with Crippen molar-refractivity contribution < 1.29 is 9.59 Å². The average molecular weight is 303 g/mol. The van der Waals surface area contributed by atoms with Gasteiger partial charge in [0.2, 0.25) is 22.9 Å². The van der Waals surface area contributed by atoms with Crippen molar-refractivity contribution in [2.45, 2.75) is 17.6 Å². The Kier molecular flexibility index (Phi) is 3.61. The second-order valence-electron chi connectivity index (χ2n) is 4.49. The van der Waals surface area contributed by atoms with Gasteiger partial charge in [0.1, 0.15) is 6.04 Å². The second kappa shape index (κ2) is 5.57. The molecule has 0 saturated carbocycles. The third-order valence-electron chi connectivity index (χ3n) is 3.06. The van der Waals surface area contributed by atoms with Gasteiger partial charge < -0.3 is 5.32 Å². The van der Waals surface area contributed by atoms with Crippen LogP contribution in [0, 0.1) is 0 Å². The van der Waals surface area contributed by atoms with Crippen molar-refractivity contribution in [1.29, 1.82) is 0 Å². The van der Waals surface area contributed by atoms with Gasteiger partial charge >= 0.3 is 0 Å². The summed E-state index contributed by atoms with van der Waals surface area (Å²) in [4.78, 5) is 28.3. The topological polar surface area (TPSA) is 88.9 Å². The summed E-state index contributed by atoms with van der Waals surface area (Å²) in [5.41, 5.74) is 0.681. The number of nitrogens with one attached hydrogen (secondary N) is 2. The first-order chi connectivity index (χ1) is 10.2. The summed E-state index contributed by atoms with van der Waals surface area (Å²) in [6, 6.07) is 8.41. The van der Waals surface area contributed by atoms with Crippen molar-refractivity contribution in [3.8, 4) is 0 Å². The van der Waals surface area contributed by atoms with Crippen molar-refractivity contribution in [2.75, 3.05) is 16.9 Å². The summed E-state index contributed by atoms with van der Waals surface area (Å²) in [6.45, 7) is 0. The van der Waals surface area contributed by atoms with Crippen LogP contribution in [0.25, 0.3) is 0 Å². The molecule has 0 fully saturated rings. The maximum absolute atomic E-state index is 12.4. The van der Waals surface area contributed by atoms with Gasteiger partial charge in [-0.3, -0.25) is 14.9 Å². The molecule has 2 amide bonds. The minimum atomic E-state index is -0.692. The number of nitrogens with zero attached hydrogens (tertiary/aromatic N) is 3. The third-order valence-corrected chi connectivity index (χ3v) is 3.60. The Balaban J connectivity index is 1.86. The van der Waals surface area contributed by atoms with Gasteiger partial charge in [-0.25, -0.2) is 4.68 Å². The summed E-state index contributed by atoms with van der Waals surface area (Å²) in [7, 11) is 0. The van der Waals surface area contributed by atoms with E-state index in [4.69, 9.17) is 0 Å². The van der Waals surface area contributed by atoms with E-state index >= 15 is 0 Å². The molecule has 21 heavy (non-hydrogen) atoms. The SMILES string of the molecule is CSc1nc2n(n1)[C@H](C(=O)Nc1ccccc1)CC(=O)N2. The lowest BCUT2D eigenvalue weighted by Crippen LogP contribution is -2.36. The number of anilines is 2. The molecule has 7 nitrogen and oxygen atoms in total. The smallest absolute Gasteiger partial charge is 0.249 e. The van der Waals surface area contributed by atoms with Crippen LogP contribution in [0.15, 0.2) is 35.5 Å². The zero-order valence-electron chi connectivity index (χ0n) is 11.2. The molecule has 0 unspecified atom stereocenters. The molecule has 1 aromatic carbocycles. The molecule has 108 valence electrons. The van der Waals surface area contributed by atoms with Gasteiger partial charge in [-0.1, -0.05) is 30.0 Å². The highest BCUT2D eigenvalue weighted by Gasteiger charge is 2.33. The highest BCUT2D eigenvalue weighted by atomic mass is 32.2. The van der Waals surface area contributed by atoms with Crippen molar-refractivity contribution in [1.82, 2.24) is 14.8 Å². The molecular weight excluding hydrogens is 290 g/mol. The van der Waals surface area contributed by atoms with E-state index in [2.05, 4.69) is 20.7 Å². The number of amides is 2. The molecule has 2 N–H and O–H groups in total. The molecule has 8 heteroatoms. The molecule has 2 heterocycles. The number of rotatable bonds is 3. The number of thioether (sulfide) groups is 1. The van der Waals surface area contributed by atoms with Crippen LogP contribution in [0.4, 0.5) is 11.6 Å². The second-order valence-corrected chi connectivity index (χ2v) is 5.26. The summed E-state index contributed by atoms with van der Waals surface area (Å²) in [5.74, 6) is -0.213. The number of fused-ring (bicyclic) bond motifs is 1. The first-order valence-electron chi connectivity index (χ1n) is 6.33. The average Bonchev–Trinajstić information content (AvgIpc) is 2.90. The monoisotopic (exact) mass is 303 g/mol. The molecule has 1 atom stereocenters. The molecule has 0 aliphatic carbocycles. The molecule has 1 aromatic heterocycles. The number of hydrogen-bond acceptors (Lipinski definition) is 5. The molecule has 1 aliphatic rings. The van der Waals surface area contributed by atoms with E-state index in [9.17, 15) is 9.59 Å². The van der Waals surface area contributed by atoms with Gasteiger partial charge in [0.25, 0.3) is 0 Å². The quantitative estimate of drug-likeness (QED) is 0.839. The fraction of sp³-hybridized carbons (Fsp3) is 0.231. The van der Waals surface area contributed by atoms with Gasteiger partial charge in [0.05, 0.1) is 6.42 Å². The highest BCUT2D eigenvalue weighted by molar-refractivity contribution is 7.98. The molecular formula is C13H13N5O2S. The van der Waals surface area contributed by atoms with Gasteiger partial charge in [-0.2, -0.15) is 4.98 Å². The number of benzene rings is 1. The standard InChI is InChI=1S/C13H13N5O2S/c1-21-13-16-12-15-10(19)7-9(18(12)17-13)11(20)14-8-5-3-2-4-6-8/h2-6,9H,7H2,1H3,(H,14,20)(H,15,16,17,19)/t9-/m0/s1. The normalized spacial score (nSPS) is 17.0. The predicted octanol–water partition coefficient (Wildman–Crippen LogP) is 1.52. The van der Waals surface area contributed by atoms with Gasteiger partial charge in [0, 0.05) is 5.69 Å². The maximum atomic E-state index is 12.4. The van der Waals surface area contributed by atoms with Gasteiger partial charge in [0.15, 0.2) is 0 Å². The zero-order chi connectivity index (χ0) is 14.8. The van der Waals surface area contributed by atoms with E-state index in [1.165, 1.54) is 16.4 Å².